The van der Waals surface area contributed by atoms with E-state index in [0.29, 0.717) is 18.8 Å². The minimum atomic E-state index is -3.39. The molecule has 106 valence electrons. The topological polar surface area (TPSA) is 76.3 Å². The van der Waals surface area contributed by atoms with Gasteiger partial charge in [-0.3, -0.25) is 4.98 Å². The van der Waals surface area contributed by atoms with E-state index in [2.05, 4.69) is 4.98 Å². The van der Waals surface area contributed by atoms with Crippen LogP contribution in [0.5, 0.6) is 0 Å². The second-order valence-electron chi connectivity index (χ2n) is 4.94. The average Bonchev–Trinajstić information content (AvgIpc) is 2.47. The lowest BCUT2D eigenvalue weighted by Crippen LogP contribution is -2.48. The van der Waals surface area contributed by atoms with Gasteiger partial charge in [0.25, 0.3) is 0 Å². The van der Waals surface area contributed by atoms with Crippen LogP contribution in [-0.2, 0) is 10.0 Å². The van der Waals surface area contributed by atoms with Gasteiger partial charge < -0.3 is 5.73 Å². The molecule has 0 aromatic carbocycles. The summed E-state index contributed by atoms with van der Waals surface area (Å²) in [6.45, 7) is 2.65. The Morgan fingerprint density at radius 1 is 1.47 bits per heavy atom. The number of rotatable bonds is 4. The molecule has 1 aliphatic heterocycles. The molecule has 2 atom stereocenters. The first-order valence-corrected chi connectivity index (χ1v) is 8.19. The highest BCUT2D eigenvalue weighted by molar-refractivity contribution is 7.89. The maximum atomic E-state index is 12.7. The highest BCUT2D eigenvalue weighted by Gasteiger charge is 2.36. The van der Waals surface area contributed by atoms with E-state index in [1.165, 1.54) is 0 Å². The Kier molecular flexibility index (Phi) is 4.54. The van der Waals surface area contributed by atoms with E-state index in [-0.39, 0.29) is 6.04 Å². The van der Waals surface area contributed by atoms with Crippen molar-refractivity contribution in [2.75, 3.05) is 13.1 Å². The van der Waals surface area contributed by atoms with Crippen LogP contribution in [0.3, 0.4) is 0 Å². The van der Waals surface area contributed by atoms with Crippen LogP contribution in [0.15, 0.2) is 24.4 Å². The first kappa shape index (κ1) is 14.4. The molecule has 6 heteroatoms. The first-order chi connectivity index (χ1) is 9.07. The molecule has 1 aliphatic rings. The summed E-state index contributed by atoms with van der Waals surface area (Å²) < 4.78 is 27.0. The van der Waals surface area contributed by atoms with Crippen LogP contribution in [0, 0.1) is 0 Å². The number of nitrogens with two attached hydrogens (primary N) is 1. The molecule has 1 aromatic rings. The summed E-state index contributed by atoms with van der Waals surface area (Å²) in [4.78, 5) is 4.15. The molecule has 0 aliphatic carbocycles. The van der Waals surface area contributed by atoms with Crippen LogP contribution in [0.4, 0.5) is 0 Å². The molecule has 1 fully saturated rings. The van der Waals surface area contributed by atoms with Crippen molar-refractivity contribution in [3.63, 3.8) is 0 Å². The van der Waals surface area contributed by atoms with Crippen LogP contribution in [0.1, 0.15) is 37.1 Å². The van der Waals surface area contributed by atoms with Crippen molar-refractivity contribution in [2.24, 2.45) is 5.73 Å². The van der Waals surface area contributed by atoms with Crippen molar-refractivity contribution in [3.05, 3.63) is 30.1 Å². The molecule has 0 radical (unpaired) electrons. The van der Waals surface area contributed by atoms with E-state index < -0.39 is 15.3 Å². The zero-order valence-corrected chi connectivity index (χ0v) is 12.0. The van der Waals surface area contributed by atoms with Gasteiger partial charge in [0.2, 0.25) is 10.0 Å². The summed E-state index contributed by atoms with van der Waals surface area (Å²) in [6, 6.07) is 5.28. The molecule has 2 N–H and O–H groups in total. The molecule has 19 heavy (non-hydrogen) atoms. The Balaban J connectivity index is 2.26. The van der Waals surface area contributed by atoms with Gasteiger partial charge in [0.05, 0.1) is 5.69 Å². The van der Waals surface area contributed by atoms with Crippen LogP contribution < -0.4 is 5.73 Å². The molecule has 0 bridgehead atoms. The van der Waals surface area contributed by atoms with Crippen molar-refractivity contribution in [1.82, 2.24) is 9.29 Å². The van der Waals surface area contributed by atoms with Crippen molar-refractivity contribution >= 4 is 10.0 Å². The normalized spacial score (nSPS) is 23.2. The number of hydrogen-bond donors (Lipinski definition) is 1. The van der Waals surface area contributed by atoms with E-state index in [1.807, 2.05) is 6.07 Å². The monoisotopic (exact) mass is 283 g/mol. The maximum absolute atomic E-state index is 12.7. The fourth-order valence-corrected chi connectivity index (χ4v) is 4.36. The van der Waals surface area contributed by atoms with Crippen molar-refractivity contribution in [2.45, 2.75) is 37.5 Å². The van der Waals surface area contributed by atoms with Crippen molar-refractivity contribution < 1.29 is 8.42 Å². The van der Waals surface area contributed by atoms with Gasteiger partial charge in [-0.15, -0.1) is 0 Å². The molecule has 2 heterocycles. The minimum Gasteiger partial charge on any atom is -0.329 e. The molecule has 1 aromatic heterocycles. The maximum Gasteiger partial charge on any atom is 0.222 e. The second kappa shape index (κ2) is 5.98. The van der Waals surface area contributed by atoms with Crippen LogP contribution in [0.2, 0.25) is 0 Å². The lowest BCUT2D eigenvalue weighted by Gasteiger charge is -2.35. The van der Waals surface area contributed by atoms with Gasteiger partial charge in [0.1, 0.15) is 5.25 Å². The predicted octanol–water partition coefficient (Wildman–Crippen LogP) is 1.29. The smallest absolute Gasteiger partial charge is 0.222 e. The van der Waals surface area contributed by atoms with Crippen molar-refractivity contribution in [3.8, 4) is 0 Å². The lowest BCUT2D eigenvalue weighted by molar-refractivity contribution is 0.255. The Morgan fingerprint density at radius 2 is 2.26 bits per heavy atom. The fourth-order valence-electron chi connectivity index (χ4n) is 2.52. The molecule has 0 spiro atoms. The van der Waals surface area contributed by atoms with Gasteiger partial charge in [0, 0.05) is 25.3 Å². The Labute approximate surface area is 114 Å². The summed E-state index contributed by atoms with van der Waals surface area (Å²) in [7, 11) is -3.39. The minimum absolute atomic E-state index is 0.0649. The van der Waals surface area contributed by atoms with Gasteiger partial charge in [-0.25, -0.2) is 8.42 Å². The zero-order chi connectivity index (χ0) is 13.9. The molecule has 2 rings (SSSR count). The van der Waals surface area contributed by atoms with E-state index >= 15 is 0 Å². The largest absolute Gasteiger partial charge is 0.329 e. The van der Waals surface area contributed by atoms with Gasteiger partial charge in [0.15, 0.2) is 0 Å². The molecular weight excluding hydrogens is 262 g/mol. The second-order valence-corrected chi connectivity index (χ2v) is 7.14. The quantitative estimate of drug-likeness (QED) is 0.903. The summed E-state index contributed by atoms with van der Waals surface area (Å²) >= 11 is 0. The number of aromatic nitrogens is 1. The van der Waals surface area contributed by atoms with Gasteiger partial charge in [-0.1, -0.05) is 12.5 Å². The number of hydrogen-bond acceptors (Lipinski definition) is 4. The highest BCUT2D eigenvalue weighted by atomic mass is 32.2. The predicted molar refractivity (Wildman–Crippen MR) is 75.0 cm³/mol. The molecule has 1 saturated heterocycles. The highest BCUT2D eigenvalue weighted by Crippen LogP contribution is 2.28. The summed E-state index contributed by atoms with van der Waals surface area (Å²) in [5, 5.41) is -0.624. The van der Waals surface area contributed by atoms with Crippen LogP contribution >= 0.6 is 0 Å². The van der Waals surface area contributed by atoms with Gasteiger partial charge >= 0.3 is 0 Å². The molecule has 5 nitrogen and oxygen atoms in total. The molecule has 0 saturated carbocycles. The summed E-state index contributed by atoms with van der Waals surface area (Å²) in [6.07, 6.45) is 4.43. The van der Waals surface area contributed by atoms with E-state index in [1.54, 1.807) is 29.6 Å². The number of sulfonamides is 1. The molecule has 0 amide bonds. The van der Waals surface area contributed by atoms with Crippen LogP contribution in [-0.4, -0.2) is 36.8 Å². The third-order valence-electron chi connectivity index (χ3n) is 3.72. The number of nitrogens with zero attached hydrogens (tertiary/aromatic N) is 2. The summed E-state index contributed by atoms with van der Waals surface area (Å²) in [5.41, 5.74) is 6.29. The van der Waals surface area contributed by atoms with E-state index in [9.17, 15) is 8.42 Å². The third-order valence-corrected chi connectivity index (χ3v) is 5.99. The Hall–Kier alpha value is -0.980. The molecule has 0 unspecified atom stereocenters. The third kappa shape index (κ3) is 2.96. The average molecular weight is 283 g/mol. The van der Waals surface area contributed by atoms with Gasteiger partial charge in [-0.05, 0) is 31.9 Å². The Morgan fingerprint density at radius 3 is 2.89 bits per heavy atom. The lowest BCUT2D eigenvalue weighted by atomic mass is 10.1. The van der Waals surface area contributed by atoms with E-state index in [0.717, 1.165) is 19.3 Å². The zero-order valence-electron chi connectivity index (χ0n) is 11.2. The summed E-state index contributed by atoms with van der Waals surface area (Å²) in [5.74, 6) is 0. The SMILES string of the molecule is C[C@H](c1ccccn1)S(=O)(=O)N1CCCC[C@H]1CN. The number of pyridine rings is 1. The fraction of sp³-hybridized carbons (Fsp3) is 0.615. The number of piperidine rings is 1. The first-order valence-electron chi connectivity index (χ1n) is 6.69. The standard InChI is InChI=1S/C13H21N3O2S/c1-11(13-7-2-4-8-15-13)19(17,18)16-9-5-3-6-12(16)10-14/h2,4,7-8,11-12H,3,5-6,9-10,14H2,1H3/t11-,12+/m1/s1. The Bertz CT molecular complexity index is 504. The van der Waals surface area contributed by atoms with E-state index in [4.69, 9.17) is 5.73 Å². The van der Waals surface area contributed by atoms with Crippen molar-refractivity contribution in [1.29, 1.82) is 0 Å². The van der Waals surface area contributed by atoms with Crippen LogP contribution in [0.25, 0.3) is 0 Å². The van der Waals surface area contributed by atoms with Gasteiger partial charge in [-0.2, -0.15) is 4.31 Å². The molecular formula is C13H21N3O2S.